The molecule has 0 radical (unpaired) electrons. The molecule has 1 aliphatic rings. The first-order valence-electron chi connectivity index (χ1n) is 23.1. The number of carbonyl (C=O) groups is 8. The maximum atomic E-state index is 13.5. The van der Waals surface area contributed by atoms with Crippen LogP contribution in [0.25, 0.3) is 0 Å². The molecule has 2 unspecified atom stereocenters. The lowest BCUT2D eigenvalue weighted by Gasteiger charge is -2.33. The minimum atomic E-state index is -0.665. The molecular weight excluding hydrogens is 1030 g/mol. The van der Waals surface area contributed by atoms with Crippen molar-refractivity contribution in [3.05, 3.63) is 108 Å². The fraction of sp³-hybridized carbons (Fsp3) is 0.292. The number of carbonyl (C=O) groups excluding carboxylic acids is 8. The maximum Gasteiger partial charge on any atom is 0.272 e. The van der Waals surface area contributed by atoms with E-state index in [1.165, 1.54) is 54.7 Å². The van der Waals surface area contributed by atoms with E-state index < -0.39 is 59.1 Å². The van der Waals surface area contributed by atoms with E-state index in [0.29, 0.717) is 47.0 Å². The van der Waals surface area contributed by atoms with Crippen molar-refractivity contribution in [1.29, 1.82) is 10.8 Å². The van der Waals surface area contributed by atoms with Crippen LogP contribution in [0.2, 0.25) is 0 Å². The quantitative estimate of drug-likeness (QED) is 0.0391. The summed E-state index contributed by atoms with van der Waals surface area (Å²) in [5, 5.41) is 36.7. The molecule has 8 amide bonds. The van der Waals surface area contributed by atoms with Crippen LogP contribution in [0.3, 0.4) is 0 Å². The monoisotopic (exact) mass is 1090 g/mol. The molecule has 0 aromatic carbocycles. The molecule has 0 spiro atoms. The summed E-state index contributed by atoms with van der Waals surface area (Å²) in [6.45, 7) is 0.376. The minimum Gasteiger partial charge on any atom is -0.388 e. The highest BCUT2D eigenvalue weighted by atomic mass is 35.5. The molecule has 0 bridgehead atoms. The third-order valence-electron chi connectivity index (χ3n) is 12.3. The van der Waals surface area contributed by atoms with Crippen LogP contribution in [-0.2, 0) is 51.9 Å². The Hall–Kier alpha value is -9.04. The average Bonchev–Trinajstić information content (AvgIpc) is 4.16. The van der Waals surface area contributed by atoms with E-state index in [2.05, 4.69) is 42.5 Å². The van der Waals surface area contributed by atoms with Gasteiger partial charge in [0.05, 0.1) is 45.8 Å². The third-order valence-corrected chi connectivity index (χ3v) is 12.3. The molecule has 0 aliphatic heterocycles. The van der Waals surface area contributed by atoms with Crippen LogP contribution in [0.5, 0.6) is 0 Å². The van der Waals surface area contributed by atoms with Gasteiger partial charge in [-0.1, -0.05) is 0 Å². The van der Waals surface area contributed by atoms with Gasteiger partial charge in [0.1, 0.15) is 34.2 Å². The number of nitrogens with one attached hydrogen (secondary N) is 10. The fourth-order valence-corrected chi connectivity index (χ4v) is 8.33. The molecule has 14 N–H and O–H groups in total. The van der Waals surface area contributed by atoms with Crippen LogP contribution in [0.1, 0.15) is 88.6 Å². The Labute approximate surface area is 447 Å². The molecule has 6 aromatic rings. The molecule has 7 rings (SSSR count). The van der Waals surface area contributed by atoms with E-state index in [1.807, 2.05) is 0 Å². The summed E-state index contributed by atoms with van der Waals surface area (Å²) in [6.07, 6.45) is 10.7. The normalized spacial score (nSPS) is 13.4. The number of hydrogen-bond acceptors (Lipinski definition) is 10. The number of aryl methyl sites for hydroxylation is 6. The first-order chi connectivity index (χ1) is 35.0. The SMILES string of the molecule is Cl.Cl.Cn1cc(NC(=O)c2cc(NC(=O)c3cc(NC(=O)C4CCC4C(=O)Nc4cc(C(=O)Nc5cc(C(=O)Nc6cc(C(=O)NCCC(=N)N)n(C)c6)n(C)c5)n(C)c4)cn3C)cn2C)cc1C(=O)NCCC(=N)N. The maximum absolute atomic E-state index is 13.5. The van der Waals surface area contributed by atoms with Gasteiger partial charge < -0.3 is 81.4 Å². The Balaban J connectivity index is 0.00000533. The number of amidine groups is 2. The van der Waals surface area contributed by atoms with E-state index in [9.17, 15) is 38.4 Å². The van der Waals surface area contributed by atoms with Gasteiger partial charge in [0, 0.05) is 117 Å². The Bertz CT molecular complexity index is 3050. The zero-order chi connectivity index (χ0) is 53.7. The topological polar surface area (TPSA) is 362 Å². The van der Waals surface area contributed by atoms with Gasteiger partial charge in [-0.3, -0.25) is 49.2 Å². The number of anilines is 6. The summed E-state index contributed by atoms with van der Waals surface area (Å²) in [4.78, 5) is 106. The second kappa shape index (κ2) is 24.3. The van der Waals surface area contributed by atoms with Crippen molar-refractivity contribution in [3.8, 4) is 0 Å². The van der Waals surface area contributed by atoms with Crippen molar-refractivity contribution < 1.29 is 38.4 Å². The van der Waals surface area contributed by atoms with E-state index in [-0.39, 0.29) is 96.6 Å². The molecule has 76 heavy (non-hydrogen) atoms. The second-order valence-electron chi connectivity index (χ2n) is 18.0. The average molecular weight is 1090 g/mol. The lowest BCUT2D eigenvalue weighted by Crippen LogP contribution is -2.43. The number of aromatic nitrogens is 6. The summed E-state index contributed by atoms with van der Waals surface area (Å²) in [5.41, 5.74) is 14.1. The molecule has 6 aromatic heterocycles. The highest BCUT2D eigenvalue weighted by Gasteiger charge is 2.41. The molecule has 404 valence electrons. The third kappa shape index (κ3) is 13.6. The van der Waals surface area contributed by atoms with Crippen molar-refractivity contribution in [3.63, 3.8) is 0 Å². The largest absolute Gasteiger partial charge is 0.388 e. The Morgan fingerprint density at radius 3 is 0.829 bits per heavy atom. The number of hydrogen-bond donors (Lipinski definition) is 12. The summed E-state index contributed by atoms with van der Waals surface area (Å²) in [6, 6.07) is 8.99. The highest BCUT2D eigenvalue weighted by molar-refractivity contribution is 6.10. The van der Waals surface area contributed by atoms with E-state index in [4.69, 9.17) is 22.3 Å². The van der Waals surface area contributed by atoms with Crippen LogP contribution in [0, 0.1) is 22.7 Å². The van der Waals surface area contributed by atoms with Gasteiger partial charge >= 0.3 is 0 Å². The smallest absolute Gasteiger partial charge is 0.272 e. The van der Waals surface area contributed by atoms with Gasteiger partial charge in [-0.2, -0.15) is 0 Å². The number of nitrogens with zero attached hydrogens (tertiary/aromatic N) is 6. The van der Waals surface area contributed by atoms with Crippen LogP contribution >= 0.6 is 24.8 Å². The summed E-state index contributed by atoms with van der Waals surface area (Å²) < 4.78 is 9.21. The molecule has 1 saturated carbocycles. The van der Waals surface area contributed by atoms with Gasteiger partial charge in [0.25, 0.3) is 35.4 Å². The van der Waals surface area contributed by atoms with Gasteiger partial charge in [-0.15, -0.1) is 24.8 Å². The lowest BCUT2D eigenvalue weighted by atomic mass is 9.72. The first-order valence-corrected chi connectivity index (χ1v) is 23.1. The number of amides is 8. The first kappa shape index (κ1) is 57.9. The van der Waals surface area contributed by atoms with Crippen LogP contribution in [0.15, 0.2) is 73.6 Å². The molecule has 28 heteroatoms. The Kier molecular flexibility index (Phi) is 18.5. The highest BCUT2D eigenvalue weighted by Crippen LogP contribution is 2.36. The molecule has 6 heterocycles. The second-order valence-corrected chi connectivity index (χ2v) is 18.0. The van der Waals surface area contributed by atoms with Gasteiger partial charge in [0.15, 0.2) is 0 Å². The van der Waals surface area contributed by atoms with Crippen LogP contribution < -0.4 is 54.0 Å². The van der Waals surface area contributed by atoms with Crippen LogP contribution in [-0.4, -0.2) is 99.4 Å². The standard InChI is InChI=1S/C48H58N18O8.2ClH/c1-61-21-27(13-33(61)43(69)53-11-9-39(49)50)57-47(73)37-17-29(23-65(37)5)59-45(71)35-15-25(19-63(35)3)55-41(67)31-7-8-32(31)42(68)56-26-16-36(64(4)20-26)46(72)60-30-18-38(66(6)24-30)48(74)58-28-14-34(62(2)22-28)44(70)54-12-10-40(51)52;;/h13-24,31-32H,7-12H2,1-6H3,(H3,49,50)(H3,51,52)(H,53,69)(H,54,70)(H,55,67)(H,56,68)(H,57,73)(H,58,74)(H,59,71)(H,60,72);2*1H. The summed E-state index contributed by atoms with van der Waals surface area (Å²) in [5.74, 6) is -5.08. The predicted octanol–water partition coefficient (Wildman–Crippen LogP) is 3.29. The Morgan fingerprint density at radius 2 is 0.618 bits per heavy atom. The number of nitrogens with two attached hydrogens (primary N) is 2. The van der Waals surface area contributed by atoms with Crippen molar-refractivity contribution in [2.45, 2.75) is 25.7 Å². The lowest BCUT2D eigenvalue weighted by molar-refractivity contribution is -0.134. The van der Waals surface area contributed by atoms with Gasteiger partial charge in [-0.05, 0) is 49.2 Å². The summed E-state index contributed by atoms with van der Waals surface area (Å²) in [7, 11) is 9.83. The van der Waals surface area contributed by atoms with Crippen LogP contribution in [0.4, 0.5) is 34.1 Å². The minimum absolute atomic E-state index is 0. The van der Waals surface area contributed by atoms with E-state index in [1.54, 1.807) is 88.6 Å². The zero-order valence-corrected chi connectivity index (χ0v) is 43.9. The molecule has 0 saturated heterocycles. The Morgan fingerprint density at radius 1 is 0.408 bits per heavy atom. The molecule has 26 nitrogen and oxygen atoms in total. The number of rotatable bonds is 20. The van der Waals surface area contributed by atoms with Crippen molar-refractivity contribution in [1.82, 2.24) is 38.0 Å². The number of halogens is 2. The van der Waals surface area contributed by atoms with Gasteiger partial charge in [-0.25, -0.2) is 0 Å². The van der Waals surface area contributed by atoms with E-state index in [0.717, 1.165) is 0 Å². The fourth-order valence-electron chi connectivity index (χ4n) is 8.33. The van der Waals surface area contributed by atoms with Crippen molar-refractivity contribution in [2.75, 3.05) is 45.0 Å². The molecule has 1 aliphatic carbocycles. The van der Waals surface area contributed by atoms with Crippen molar-refractivity contribution >= 4 is 118 Å². The molecular formula is C48H60Cl2N18O8. The molecule has 1 fully saturated rings. The zero-order valence-electron chi connectivity index (χ0n) is 42.2. The predicted molar refractivity (Wildman–Crippen MR) is 290 cm³/mol. The van der Waals surface area contributed by atoms with Crippen molar-refractivity contribution in [2.24, 2.45) is 65.6 Å². The van der Waals surface area contributed by atoms with E-state index >= 15 is 0 Å². The summed E-state index contributed by atoms with van der Waals surface area (Å²) >= 11 is 0. The molecule has 2 atom stereocenters. The van der Waals surface area contributed by atoms with Gasteiger partial charge in [0.2, 0.25) is 11.8 Å².